The Morgan fingerprint density at radius 3 is 2.35 bits per heavy atom. The molecule has 2 heterocycles. The largest absolute Gasteiger partial charge is 0.544 e. The van der Waals surface area contributed by atoms with Crippen molar-refractivity contribution in [2.45, 2.75) is 103 Å². The first-order valence-electron chi connectivity index (χ1n) is 13.6. The molecule has 2 saturated carbocycles. The van der Waals surface area contributed by atoms with Crippen molar-refractivity contribution in [3.63, 3.8) is 0 Å². The molecule has 3 aliphatic rings. The third kappa shape index (κ3) is 7.14. The molecule has 7 nitrogen and oxygen atoms in total. The Balaban J connectivity index is 1.59. The lowest BCUT2D eigenvalue weighted by molar-refractivity contribution is -0.254. The summed E-state index contributed by atoms with van der Waals surface area (Å²) >= 11 is 1.09. The van der Waals surface area contributed by atoms with Gasteiger partial charge in [-0.15, -0.1) is 11.3 Å². The Hall–Kier alpha value is -1.92. The number of hydrogen-bond donors (Lipinski definition) is 1. The zero-order valence-corrected chi connectivity index (χ0v) is 23.3. The summed E-state index contributed by atoms with van der Waals surface area (Å²) < 4.78 is 11.4. The average molecular weight is 531 g/mol. The van der Waals surface area contributed by atoms with E-state index in [-0.39, 0.29) is 40.4 Å². The molecule has 2 aliphatic carbocycles. The predicted molar refractivity (Wildman–Crippen MR) is 141 cm³/mol. The van der Waals surface area contributed by atoms with E-state index in [1.807, 2.05) is 20.8 Å². The van der Waals surface area contributed by atoms with Gasteiger partial charge in [0.15, 0.2) is 0 Å². The minimum absolute atomic E-state index is 0.0126. The van der Waals surface area contributed by atoms with E-state index in [1.165, 1.54) is 0 Å². The third-order valence-corrected chi connectivity index (χ3v) is 8.72. The molecule has 1 saturated heterocycles. The quantitative estimate of drug-likeness (QED) is 0.563. The van der Waals surface area contributed by atoms with Crippen LogP contribution in [0.25, 0.3) is 0 Å². The first kappa shape index (κ1) is 28.1. The monoisotopic (exact) mass is 530 g/mol. The minimum Gasteiger partial charge on any atom is -0.544 e. The summed E-state index contributed by atoms with van der Waals surface area (Å²) in [6.07, 6.45) is 5.63. The summed E-state index contributed by atoms with van der Waals surface area (Å²) in [7, 11) is 0. The lowest BCUT2D eigenvalue weighted by Crippen LogP contribution is -2.48. The number of carboxylic acid groups (broad SMARTS) is 1. The fourth-order valence-corrected chi connectivity index (χ4v) is 6.39. The number of carboxylic acids is 1. The van der Waals surface area contributed by atoms with E-state index in [2.05, 4.69) is 18.8 Å². The van der Waals surface area contributed by atoms with Crippen molar-refractivity contribution >= 4 is 28.9 Å². The van der Waals surface area contributed by atoms with Crippen LogP contribution < -0.4 is 10.0 Å². The Kier molecular flexibility index (Phi) is 9.00. The standard InChI is InChI=1S/C29H41NO6S/c1-18-5-7-19(8-6-18)27(32)30(20-9-11-21(12-10-20)36-25-17-35-16-24(25)31)23-15-22(13-14-29(2,3)4)37-26(23)28(33)34/h15,18-21,24-25,31H,5-12,16-17H2,1-4H3,(H,33,34)/p-1/t18?,19?,20?,21?,24-,25+/m1/s1. The van der Waals surface area contributed by atoms with Crippen LogP contribution in [0.5, 0.6) is 0 Å². The number of carbonyl (C=O) groups excluding carboxylic acids is 2. The van der Waals surface area contributed by atoms with Gasteiger partial charge in [-0.25, -0.2) is 0 Å². The number of thiophene rings is 1. The molecular weight excluding hydrogens is 490 g/mol. The van der Waals surface area contributed by atoms with Crippen LogP contribution >= 0.6 is 11.3 Å². The summed E-state index contributed by atoms with van der Waals surface area (Å²) in [5, 5.41) is 22.2. The van der Waals surface area contributed by atoms with Crippen LogP contribution in [0.4, 0.5) is 5.69 Å². The number of aromatic carboxylic acids is 1. The fraction of sp³-hybridized carbons (Fsp3) is 0.724. The molecule has 204 valence electrons. The van der Waals surface area contributed by atoms with E-state index in [4.69, 9.17) is 9.47 Å². The maximum Gasteiger partial charge on any atom is 0.230 e. The van der Waals surface area contributed by atoms with Gasteiger partial charge >= 0.3 is 0 Å². The second-order valence-corrected chi connectivity index (χ2v) is 13.0. The summed E-state index contributed by atoms with van der Waals surface area (Å²) in [5.74, 6) is 5.55. The van der Waals surface area contributed by atoms with Gasteiger partial charge in [0, 0.05) is 17.4 Å². The fourth-order valence-electron chi connectivity index (χ4n) is 5.56. The number of anilines is 1. The van der Waals surface area contributed by atoms with E-state index >= 15 is 0 Å². The molecule has 37 heavy (non-hydrogen) atoms. The van der Waals surface area contributed by atoms with Crippen molar-refractivity contribution in [3.05, 3.63) is 15.8 Å². The molecule has 0 radical (unpaired) electrons. The average Bonchev–Trinajstić information content (AvgIpc) is 3.45. The predicted octanol–water partition coefficient (Wildman–Crippen LogP) is 3.76. The summed E-state index contributed by atoms with van der Waals surface area (Å²) in [6, 6.07) is 1.65. The van der Waals surface area contributed by atoms with Gasteiger partial charge < -0.3 is 29.4 Å². The van der Waals surface area contributed by atoms with Crippen LogP contribution in [0, 0.1) is 29.1 Å². The summed E-state index contributed by atoms with van der Waals surface area (Å²) in [6.45, 7) is 8.93. The summed E-state index contributed by atoms with van der Waals surface area (Å²) in [5.41, 5.74) is 0.201. The van der Waals surface area contributed by atoms with Gasteiger partial charge in [0.05, 0.1) is 40.7 Å². The number of carbonyl (C=O) groups is 2. The maximum atomic E-state index is 14.0. The van der Waals surface area contributed by atoms with Crippen LogP contribution in [-0.2, 0) is 14.3 Å². The molecule has 2 atom stereocenters. The lowest BCUT2D eigenvalue weighted by Gasteiger charge is -2.40. The molecule has 1 N–H and O–H groups in total. The SMILES string of the molecule is CC1CCC(C(=O)N(c2cc(C#CC(C)(C)C)sc2C(=O)[O-])C2CCC(O[C@H]3COC[C@H]3O)CC2)CC1. The van der Waals surface area contributed by atoms with E-state index < -0.39 is 12.1 Å². The highest BCUT2D eigenvalue weighted by molar-refractivity contribution is 7.15. The number of aliphatic hydroxyl groups is 1. The minimum atomic E-state index is -1.27. The number of amides is 1. The zero-order valence-electron chi connectivity index (χ0n) is 22.5. The van der Waals surface area contributed by atoms with Crippen molar-refractivity contribution < 1.29 is 29.3 Å². The zero-order chi connectivity index (χ0) is 26.7. The molecule has 4 rings (SSSR count). The van der Waals surface area contributed by atoms with Crippen molar-refractivity contribution in [1.82, 2.24) is 0 Å². The Labute approximate surface area is 224 Å². The summed E-state index contributed by atoms with van der Waals surface area (Å²) in [4.78, 5) is 28.7. The van der Waals surface area contributed by atoms with Crippen molar-refractivity contribution in [2.75, 3.05) is 18.1 Å². The van der Waals surface area contributed by atoms with Gasteiger partial charge in [-0.05, 0) is 84.1 Å². The molecule has 0 bridgehead atoms. The number of nitrogens with zero attached hydrogens (tertiary/aromatic N) is 1. The smallest absolute Gasteiger partial charge is 0.230 e. The van der Waals surface area contributed by atoms with Gasteiger partial charge in [-0.2, -0.15) is 0 Å². The van der Waals surface area contributed by atoms with E-state index in [9.17, 15) is 19.8 Å². The van der Waals surface area contributed by atoms with Gasteiger partial charge in [0.1, 0.15) is 12.2 Å². The van der Waals surface area contributed by atoms with Gasteiger partial charge in [-0.1, -0.05) is 18.8 Å². The highest BCUT2D eigenvalue weighted by atomic mass is 32.1. The first-order valence-corrected chi connectivity index (χ1v) is 14.5. The third-order valence-electron chi connectivity index (χ3n) is 7.70. The topological polar surface area (TPSA) is 99.1 Å². The normalized spacial score (nSPS) is 30.4. The molecule has 0 spiro atoms. The van der Waals surface area contributed by atoms with Gasteiger partial charge in [0.2, 0.25) is 5.91 Å². The highest BCUT2D eigenvalue weighted by Gasteiger charge is 2.38. The molecule has 1 aromatic rings. The molecule has 0 unspecified atom stereocenters. The van der Waals surface area contributed by atoms with Crippen molar-refractivity contribution in [2.24, 2.45) is 17.3 Å². The van der Waals surface area contributed by atoms with Gasteiger partial charge in [0.25, 0.3) is 0 Å². The van der Waals surface area contributed by atoms with Crippen LogP contribution in [0.15, 0.2) is 6.07 Å². The molecule has 1 aromatic heterocycles. The van der Waals surface area contributed by atoms with Gasteiger partial charge in [-0.3, -0.25) is 4.79 Å². The molecular formula is C29H40NO6S-. The Morgan fingerprint density at radius 1 is 1.11 bits per heavy atom. The molecule has 8 heteroatoms. The Morgan fingerprint density at radius 2 is 1.78 bits per heavy atom. The molecule has 1 amide bonds. The number of hydrogen-bond acceptors (Lipinski definition) is 7. The van der Waals surface area contributed by atoms with E-state index in [0.29, 0.717) is 42.5 Å². The number of aliphatic hydroxyl groups excluding tert-OH is 1. The number of rotatable bonds is 6. The number of ether oxygens (including phenoxy) is 2. The first-order chi connectivity index (χ1) is 17.5. The molecule has 0 aromatic carbocycles. The van der Waals surface area contributed by atoms with Crippen LogP contribution in [-0.4, -0.2) is 54.6 Å². The lowest BCUT2D eigenvalue weighted by atomic mass is 9.81. The second kappa shape index (κ2) is 11.9. The van der Waals surface area contributed by atoms with Crippen LogP contribution in [0.3, 0.4) is 0 Å². The van der Waals surface area contributed by atoms with E-state index in [1.54, 1.807) is 11.0 Å². The second-order valence-electron chi connectivity index (χ2n) is 12.0. The van der Waals surface area contributed by atoms with Crippen LogP contribution in [0.1, 0.15) is 93.6 Å². The molecule has 3 fully saturated rings. The molecule has 1 aliphatic heterocycles. The maximum absolute atomic E-state index is 14.0. The highest BCUT2D eigenvalue weighted by Crippen LogP contribution is 2.39. The van der Waals surface area contributed by atoms with Crippen molar-refractivity contribution in [3.8, 4) is 11.8 Å². The van der Waals surface area contributed by atoms with Crippen LogP contribution in [0.2, 0.25) is 0 Å². The Bertz CT molecular complexity index is 1020. The van der Waals surface area contributed by atoms with E-state index in [0.717, 1.165) is 49.9 Å². The van der Waals surface area contributed by atoms with Crippen molar-refractivity contribution in [1.29, 1.82) is 0 Å².